The Morgan fingerprint density at radius 3 is 3.07 bits per heavy atom. The number of halogens is 1. The van der Waals surface area contributed by atoms with Crippen LogP contribution in [0.5, 0.6) is 5.75 Å². The Balaban J connectivity index is 1.24. The van der Waals surface area contributed by atoms with Crippen LogP contribution >= 0.6 is 11.6 Å². The van der Waals surface area contributed by atoms with Crippen LogP contribution in [0.3, 0.4) is 0 Å². The van der Waals surface area contributed by atoms with Crippen molar-refractivity contribution in [2.75, 3.05) is 6.54 Å². The third-order valence-electron chi connectivity index (χ3n) is 4.78. The summed E-state index contributed by atoms with van der Waals surface area (Å²) in [6, 6.07) is 11.8. The number of aryl methyl sites for hydroxylation is 1. The molecular weight excluding hydrogens is 362 g/mol. The van der Waals surface area contributed by atoms with Crippen molar-refractivity contribution in [1.82, 2.24) is 15.3 Å². The summed E-state index contributed by atoms with van der Waals surface area (Å²) in [4.78, 5) is 19.9. The number of rotatable bonds is 6. The summed E-state index contributed by atoms with van der Waals surface area (Å²) in [6.45, 7) is 2.63. The lowest BCUT2D eigenvalue weighted by atomic mass is 10.0. The summed E-state index contributed by atoms with van der Waals surface area (Å²) >= 11 is 5.99. The molecule has 6 heteroatoms. The lowest BCUT2D eigenvalue weighted by Crippen LogP contribution is -2.26. The lowest BCUT2D eigenvalue weighted by Gasteiger charge is -2.06. The van der Waals surface area contributed by atoms with E-state index in [0.29, 0.717) is 24.4 Å². The summed E-state index contributed by atoms with van der Waals surface area (Å²) in [5, 5.41) is 3.65. The summed E-state index contributed by atoms with van der Waals surface area (Å²) in [5.41, 5.74) is 4.22. The van der Waals surface area contributed by atoms with Gasteiger partial charge in [-0.15, -0.1) is 0 Å². The highest BCUT2D eigenvalue weighted by molar-refractivity contribution is 6.31. The largest absolute Gasteiger partial charge is 0.490 e. The molecule has 0 aliphatic carbocycles. The molecule has 0 saturated heterocycles. The van der Waals surface area contributed by atoms with E-state index in [9.17, 15) is 4.79 Å². The Kier molecular flexibility index (Phi) is 5.03. The fraction of sp³-hybridized carbons (Fsp3) is 0.333. The van der Waals surface area contributed by atoms with E-state index >= 15 is 0 Å². The van der Waals surface area contributed by atoms with Crippen molar-refractivity contribution in [3.63, 3.8) is 0 Å². The molecular formula is C21H22ClN3O2. The van der Waals surface area contributed by atoms with Gasteiger partial charge in [0.25, 0.3) is 0 Å². The van der Waals surface area contributed by atoms with Crippen LogP contribution in [0.2, 0.25) is 5.02 Å². The molecule has 1 aliphatic rings. The van der Waals surface area contributed by atoms with Gasteiger partial charge in [-0.3, -0.25) is 4.79 Å². The monoisotopic (exact) mass is 383 g/mol. The maximum absolute atomic E-state index is 12.1. The topological polar surface area (TPSA) is 67.0 Å². The summed E-state index contributed by atoms with van der Waals surface area (Å²) in [6.07, 6.45) is 3.05. The zero-order valence-corrected chi connectivity index (χ0v) is 16.0. The molecule has 0 fully saturated rings. The number of fused-ring (bicyclic) bond motifs is 2. The zero-order valence-electron chi connectivity index (χ0n) is 15.2. The van der Waals surface area contributed by atoms with Crippen molar-refractivity contribution >= 4 is 28.5 Å². The normalized spacial score (nSPS) is 15.6. The van der Waals surface area contributed by atoms with Gasteiger partial charge < -0.3 is 15.0 Å². The molecule has 0 bridgehead atoms. The fourth-order valence-corrected chi connectivity index (χ4v) is 3.62. The molecule has 1 aromatic heterocycles. The fourth-order valence-electron chi connectivity index (χ4n) is 3.45. The Bertz CT molecular complexity index is 983. The average Bonchev–Trinajstić information content (AvgIpc) is 3.20. The number of H-pyrrole nitrogens is 1. The van der Waals surface area contributed by atoms with Gasteiger partial charge in [-0.2, -0.15) is 0 Å². The number of aromatic amines is 1. The van der Waals surface area contributed by atoms with E-state index in [1.165, 1.54) is 11.1 Å². The Hall–Kier alpha value is -2.53. The minimum atomic E-state index is 0.0549. The van der Waals surface area contributed by atoms with Gasteiger partial charge in [-0.25, -0.2) is 4.98 Å². The number of amides is 1. The predicted molar refractivity (Wildman–Crippen MR) is 106 cm³/mol. The van der Waals surface area contributed by atoms with E-state index < -0.39 is 0 Å². The number of hydrogen-bond acceptors (Lipinski definition) is 3. The number of aromatic nitrogens is 2. The molecule has 5 nitrogen and oxygen atoms in total. The minimum absolute atomic E-state index is 0.0549. The van der Waals surface area contributed by atoms with Gasteiger partial charge in [0.2, 0.25) is 5.91 Å². The first-order valence-corrected chi connectivity index (χ1v) is 9.64. The maximum atomic E-state index is 12.1. The molecule has 0 spiro atoms. The quantitative estimate of drug-likeness (QED) is 0.679. The zero-order chi connectivity index (χ0) is 18.8. The highest BCUT2D eigenvalue weighted by Gasteiger charge is 2.18. The van der Waals surface area contributed by atoms with E-state index in [2.05, 4.69) is 28.3 Å². The average molecular weight is 384 g/mol. The maximum Gasteiger partial charge on any atom is 0.220 e. The molecule has 1 aliphatic heterocycles. The van der Waals surface area contributed by atoms with Crippen LogP contribution in [-0.2, 0) is 24.1 Å². The number of nitrogens with one attached hydrogen (secondary N) is 2. The molecule has 3 aromatic rings. The van der Waals surface area contributed by atoms with Crippen LogP contribution in [0.15, 0.2) is 36.4 Å². The van der Waals surface area contributed by atoms with E-state index in [-0.39, 0.29) is 12.0 Å². The number of benzene rings is 2. The molecule has 2 aromatic carbocycles. The summed E-state index contributed by atoms with van der Waals surface area (Å²) < 4.78 is 5.72. The van der Waals surface area contributed by atoms with Gasteiger partial charge in [0.05, 0.1) is 11.0 Å². The molecule has 1 unspecified atom stereocenters. The first kappa shape index (κ1) is 17.9. The van der Waals surface area contributed by atoms with Gasteiger partial charge >= 0.3 is 0 Å². The Labute approximate surface area is 163 Å². The number of ether oxygens (including phenoxy) is 1. The third-order valence-corrected chi connectivity index (χ3v) is 5.01. The van der Waals surface area contributed by atoms with E-state index in [0.717, 1.165) is 35.4 Å². The second kappa shape index (κ2) is 7.61. The molecule has 140 valence electrons. The third kappa shape index (κ3) is 4.25. The van der Waals surface area contributed by atoms with Crippen LogP contribution < -0.4 is 10.1 Å². The van der Waals surface area contributed by atoms with E-state index in [1.54, 1.807) is 0 Å². The molecule has 2 N–H and O–H groups in total. The molecule has 1 amide bonds. The first-order valence-electron chi connectivity index (χ1n) is 9.26. The molecule has 27 heavy (non-hydrogen) atoms. The molecule has 0 radical (unpaired) electrons. The van der Waals surface area contributed by atoms with E-state index in [4.69, 9.17) is 16.3 Å². The Morgan fingerprint density at radius 1 is 1.30 bits per heavy atom. The van der Waals surface area contributed by atoms with Crippen molar-refractivity contribution in [2.45, 2.75) is 38.7 Å². The molecule has 4 rings (SSSR count). The van der Waals surface area contributed by atoms with Gasteiger partial charge in [0, 0.05) is 30.8 Å². The Morgan fingerprint density at radius 2 is 2.19 bits per heavy atom. The number of hydrogen-bond donors (Lipinski definition) is 2. The van der Waals surface area contributed by atoms with Gasteiger partial charge in [-0.1, -0.05) is 23.7 Å². The highest BCUT2D eigenvalue weighted by atomic mass is 35.5. The van der Waals surface area contributed by atoms with Crippen LogP contribution in [0, 0.1) is 0 Å². The van der Waals surface area contributed by atoms with E-state index in [1.807, 2.05) is 30.3 Å². The number of imidazole rings is 1. The molecule has 2 heterocycles. The van der Waals surface area contributed by atoms with Crippen molar-refractivity contribution in [3.8, 4) is 5.75 Å². The van der Waals surface area contributed by atoms with Gasteiger partial charge in [0.1, 0.15) is 17.7 Å². The number of carbonyl (C=O) groups is 1. The van der Waals surface area contributed by atoms with Crippen molar-refractivity contribution in [1.29, 1.82) is 0 Å². The van der Waals surface area contributed by atoms with Crippen LogP contribution in [0.25, 0.3) is 11.0 Å². The van der Waals surface area contributed by atoms with Gasteiger partial charge in [0.15, 0.2) is 0 Å². The van der Waals surface area contributed by atoms with Crippen molar-refractivity contribution in [2.24, 2.45) is 0 Å². The minimum Gasteiger partial charge on any atom is -0.490 e. The number of nitrogens with zero attached hydrogens (tertiary/aromatic N) is 1. The summed E-state index contributed by atoms with van der Waals surface area (Å²) in [5.74, 6) is 1.88. The molecule has 0 saturated carbocycles. The van der Waals surface area contributed by atoms with Crippen LogP contribution in [0.4, 0.5) is 0 Å². The first-order chi connectivity index (χ1) is 13.1. The smallest absolute Gasteiger partial charge is 0.220 e. The van der Waals surface area contributed by atoms with Gasteiger partial charge in [-0.05, 0) is 48.7 Å². The lowest BCUT2D eigenvalue weighted by molar-refractivity contribution is -0.121. The van der Waals surface area contributed by atoms with Crippen LogP contribution in [-0.4, -0.2) is 28.5 Å². The SMILES string of the molecule is CC1Cc2cc(CCC(=O)NCCc3nc4ccc(Cl)cc4[nH]3)ccc2O1. The highest BCUT2D eigenvalue weighted by Crippen LogP contribution is 2.29. The van der Waals surface area contributed by atoms with Crippen molar-refractivity contribution < 1.29 is 9.53 Å². The van der Waals surface area contributed by atoms with Crippen molar-refractivity contribution in [3.05, 3.63) is 58.4 Å². The second-order valence-electron chi connectivity index (χ2n) is 7.02. The molecule has 1 atom stereocenters. The number of carbonyl (C=O) groups excluding carboxylic acids is 1. The second-order valence-corrected chi connectivity index (χ2v) is 7.46. The summed E-state index contributed by atoms with van der Waals surface area (Å²) in [7, 11) is 0. The predicted octanol–water partition coefficient (Wildman–Crippen LogP) is 3.83. The standard InChI is InChI=1S/C21H22ClN3O2/c1-13-10-15-11-14(2-6-19(15)27-13)3-7-21(26)23-9-8-20-24-17-5-4-16(22)12-18(17)25-20/h2,4-6,11-13H,3,7-10H2,1H3,(H,23,26)(H,24,25). The van der Waals surface area contributed by atoms with Crippen LogP contribution in [0.1, 0.15) is 30.3 Å².